The minimum atomic E-state index is -0.486. The third-order valence-electron chi connectivity index (χ3n) is 2.17. The number of carbonyl (C=O) groups excluding carboxylic acids is 1. The van der Waals surface area contributed by atoms with E-state index in [-0.39, 0.29) is 6.10 Å². The molecule has 1 aromatic rings. The Hall–Kier alpha value is -2.08. The van der Waals surface area contributed by atoms with Gasteiger partial charge in [0.15, 0.2) is 0 Å². The zero-order valence-corrected chi connectivity index (χ0v) is 10.2. The fraction of sp³-hybridized carbons (Fsp3) is 0.286. The summed E-state index contributed by atoms with van der Waals surface area (Å²) in [6, 6.07) is 9.46. The summed E-state index contributed by atoms with van der Waals surface area (Å²) in [5.41, 5.74) is 2.04. The van der Waals surface area contributed by atoms with Gasteiger partial charge >= 0.3 is 5.97 Å². The maximum Gasteiger partial charge on any atom is 0.332 e. The Balaban J connectivity index is 3.01. The van der Waals surface area contributed by atoms with Gasteiger partial charge in [-0.25, -0.2) is 4.79 Å². The summed E-state index contributed by atoms with van der Waals surface area (Å²) in [5, 5.41) is 9.06. The van der Waals surface area contributed by atoms with Gasteiger partial charge in [-0.2, -0.15) is 5.26 Å². The standard InChI is InChI=1S/C14H15NO2/c1-10(2)17-14(16)8-12(9-15)13-7-5-4-6-11(13)3/h4-8,10H,1-3H3. The molecule has 0 unspecified atom stereocenters. The first-order valence-electron chi connectivity index (χ1n) is 5.43. The van der Waals surface area contributed by atoms with Crippen LogP contribution in [0.4, 0.5) is 0 Å². The third-order valence-corrected chi connectivity index (χ3v) is 2.17. The van der Waals surface area contributed by atoms with Crippen LogP contribution >= 0.6 is 0 Å². The highest BCUT2D eigenvalue weighted by Crippen LogP contribution is 2.17. The molecule has 0 radical (unpaired) electrons. The molecule has 0 aliphatic carbocycles. The highest BCUT2D eigenvalue weighted by atomic mass is 16.5. The predicted octanol–water partition coefficient (Wildman–Crippen LogP) is 2.85. The van der Waals surface area contributed by atoms with Gasteiger partial charge in [0.25, 0.3) is 0 Å². The van der Waals surface area contributed by atoms with E-state index in [9.17, 15) is 4.79 Å². The highest BCUT2D eigenvalue weighted by molar-refractivity contribution is 5.95. The maximum absolute atomic E-state index is 11.5. The van der Waals surface area contributed by atoms with Crippen molar-refractivity contribution in [3.63, 3.8) is 0 Å². The van der Waals surface area contributed by atoms with Gasteiger partial charge in [-0.05, 0) is 31.9 Å². The molecule has 0 aromatic heterocycles. The largest absolute Gasteiger partial charge is 0.460 e. The number of allylic oxidation sites excluding steroid dienone is 1. The van der Waals surface area contributed by atoms with E-state index in [1.807, 2.05) is 37.3 Å². The number of nitriles is 1. The summed E-state index contributed by atoms with van der Waals surface area (Å²) in [6.07, 6.45) is 1.05. The van der Waals surface area contributed by atoms with Crippen molar-refractivity contribution in [2.45, 2.75) is 26.9 Å². The first-order chi connectivity index (χ1) is 8.04. The fourth-order valence-corrected chi connectivity index (χ4v) is 1.43. The first-order valence-corrected chi connectivity index (χ1v) is 5.43. The molecule has 17 heavy (non-hydrogen) atoms. The van der Waals surface area contributed by atoms with E-state index >= 15 is 0 Å². The molecule has 0 bridgehead atoms. The van der Waals surface area contributed by atoms with Crippen LogP contribution < -0.4 is 0 Å². The van der Waals surface area contributed by atoms with Crippen molar-refractivity contribution in [1.82, 2.24) is 0 Å². The van der Waals surface area contributed by atoms with E-state index in [4.69, 9.17) is 10.00 Å². The second kappa shape index (κ2) is 5.86. The summed E-state index contributed by atoms with van der Waals surface area (Å²) in [6.45, 7) is 5.44. The lowest BCUT2D eigenvalue weighted by molar-refractivity contribution is -0.141. The quantitative estimate of drug-likeness (QED) is 0.455. The van der Waals surface area contributed by atoms with Gasteiger partial charge in [-0.15, -0.1) is 0 Å². The Morgan fingerprint density at radius 2 is 2.06 bits per heavy atom. The van der Waals surface area contributed by atoms with Crippen LogP contribution in [0.1, 0.15) is 25.0 Å². The van der Waals surface area contributed by atoms with Crippen molar-refractivity contribution >= 4 is 11.5 Å². The molecule has 0 N–H and O–H groups in total. The molecule has 0 saturated carbocycles. The van der Waals surface area contributed by atoms with Crippen molar-refractivity contribution in [1.29, 1.82) is 5.26 Å². The average molecular weight is 229 g/mol. The van der Waals surface area contributed by atoms with E-state index in [0.29, 0.717) is 5.57 Å². The normalized spacial score (nSPS) is 11.1. The van der Waals surface area contributed by atoms with Crippen molar-refractivity contribution in [3.8, 4) is 6.07 Å². The van der Waals surface area contributed by atoms with Crippen LogP contribution in [-0.4, -0.2) is 12.1 Å². The summed E-state index contributed by atoms with van der Waals surface area (Å²) in [4.78, 5) is 11.5. The lowest BCUT2D eigenvalue weighted by Gasteiger charge is -2.06. The lowest BCUT2D eigenvalue weighted by Crippen LogP contribution is -2.09. The third kappa shape index (κ3) is 3.76. The fourth-order valence-electron chi connectivity index (χ4n) is 1.43. The summed E-state index contributed by atoms with van der Waals surface area (Å²) < 4.78 is 4.98. The van der Waals surface area contributed by atoms with Crippen LogP contribution in [0.5, 0.6) is 0 Å². The Morgan fingerprint density at radius 3 is 2.59 bits per heavy atom. The second-order valence-corrected chi connectivity index (χ2v) is 3.97. The molecular weight excluding hydrogens is 214 g/mol. The van der Waals surface area contributed by atoms with Crippen LogP contribution in [0.15, 0.2) is 30.3 Å². The molecule has 3 nitrogen and oxygen atoms in total. The first kappa shape index (κ1) is 13.0. The number of carbonyl (C=O) groups is 1. The van der Waals surface area contributed by atoms with E-state index in [0.717, 1.165) is 11.1 Å². The summed E-state index contributed by atoms with van der Waals surface area (Å²) >= 11 is 0. The van der Waals surface area contributed by atoms with Crippen molar-refractivity contribution in [2.75, 3.05) is 0 Å². The maximum atomic E-state index is 11.5. The SMILES string of the molecule is Cc1ccccc1C(C#N)=CC(=O)OC(C)C. The predicted molar refractivity (Wildman–Crippen MR) is 66.0 cm³/mol. The highest BCUT2D eigenvalue weighted by Gasteiger charge is 2.08. The van der Waals surface area contributed by atoms with Crippen LogP contribution in [0.25, 0.3) is 5.57 Å². The smallest absolute Gasteiger partial charge is 0.332 e. The monoisotopic (exact) mass is 229 g/mol. The van der Waals surface area contributed by atoms with Crippen molar-refractivity contribution in [2.24, 2.45) is 0 Å². The molecule has 0 spiro atoms. The molecule has 1 rings (SSSR count). The van der Waals surface area contributed by atoms with Gasteiger partial charge in [0, 0.05) is 6.08 Å². The molecule has 0 amide bonds. The number of benzene rings is 1. The van der Waals surface area contributed by atoms with E-state index in [1.54, 1.807) is 13.8 Å². The minimum Gasteiger partial charge on any atom is -0.460 e. The molecule has 0 aliphatic heterocycles. The molecule has 1 aromatic carbocycles. The number of rotatable bonds is 3. The number of esters is 1. The zero-order valence-electron chi connectivity index (χ0n) is 10.2. The minimum absolute atomic E-state index is 0.185. The van der Waals surface area contributed by atoms with Crippen molar-refractivity contribution in [3.05, 3.63) is 41.5 Å². The molecule has 3 heteroatoms. The van der Waals surface area contributed by atoms with Crippen LogP contribution in [0, 0.1) is 18.3 Å². The molecule has 0 aliphatic rings. The molecular formula is C14H15NO2. The Morgan fingerprint density at radius 1 is 1.41 bits per heavy atom. The molecule has 88 valence electrons. The van der Waals surface area contributed by atoms with Gasteiger partial charge < -0.3 is 4.74 Å². The van der Waals surface area contributed by atoms with E-state index < -0.39 is 5.97 Å². The molecule has 0 heterocycles. The number of hydrogen-bond donors (Lipinski definition) is 0. The van der Waals surface area contributed by atoms with Gasteiger partial charge in [-0.3, -0.25) is 0 Å². The molecule has 0 fully saturated rings. The summed E-state index contributed by atoms with van der Waals surface area (Å²) in [5.74, 6) is -0.486. The zero-order chi connectivity index (χ0) is 12.8. The van der Waals surface area contributed by atoms with Crippen molar-refractivity contribution < 1.29 is 9.53 Å². The topological polar surface area (TPSA) is 50.1 Å². The van der Waals surface area contributed by atoms with Gasteiger partial charge in [0.2, 0.25) is 0 Å². The lowest BCUT2D eigenvalue weighted by atomic mass is 10.0. The van der Waals surface area contributed by atoms with Gasteiger partial charge in [0.05, 0.1) is 11.7 Å². The summed E-state index contributed by atoms with van der Waals surface area (Å²) in [7, 11) is 0. The molecule has 0 saturated heterocycles. The van der Waals surface area contributed by atoms with Gasteiger partial charge in [-0.1, -0.05) is 24.3 Å². The Kier molecular flexibility index (Phi) is 4.47. The number of hydrogen-bond acceptors (Lipinski definition) is 3. The Labute approximate surface area is 101 Å². The number of nitrogens with zero attached hydrogens (tertiary/aromatic N) is 1. The van der Waals surface area contributed by atoms with Crippen LogP contribution in [-0.2, 0) is 9.53 Å². The van der Waals surface area contributed by atoms with Crippen LogP contribution in [0.3, 0.4) is 0 Å². The Bertz CT molecular complexity index is 481. The average Bonchev–Trinajstić information content (AvgIpc) is 2.26. The second-order valence-electron chi connectivity index (χ2n) is 3.97. The number of aryl methyl sites for hydroxylation is 1. The van der Waals surface area contributed by atoms with E-state index in [1.165, 1.54) is 6.08 Å². The van der Waals surface area contributed by atoms with Crippen LogP contribution in [0.2, 0.25) is 0 Å². The van der Waals surface area contributed by atoms with Gasteiger partial charge in [0.1, 0.15) is 6.07 Å². The molecule has 0 atom stereocenters. The number of ether oxygens (including phenoxy) is 1. The van der Waals surface area contributed by atoms with E-state index in [2.05, 4.69) is 0 Å².